The van der Waals surface area contributed by atoms with E-state index in [9.17, 15) is 13.2 Å². The van der Waals surface area contributed by atoms with E-state index >= 15 is 0 Å². The van der Waals surface area contributed by atoms with E-state index in [4.69, 9.17) is 0 Å². The van der Waals surface area contributed by atoms with Crippen LogP contribution < -0.4 is 5.32 Å². The van der Waals surface area contributed by atoms with Gasteiger partial charge in [-0.05, 0) is 75.8 Å². The molecule has 28 heavy (non-hydrogen) atoms. The molecule has 2 aromatic carbocycles. The number of carbonyl (C=O) groups is 1. The van der Waals surface area contributed by atoms with Gasteiger partial charge >= 0.3 is 0 Å². The van der Waals surface area contributed by atoms with Crippen molar-refractivity contribution in [2.75, 3.05) is 11.9 Å². The molecule has 6 heteroatoms. The van der Waals surface area contributed by atoms with Gasteiger partial charge in [0.05, 0.1) is 4.90 Å². The van der Waals surface area contributed by atoms with E-state index in [2.05, 4.69) is 5.32 Å². The SMILES string of the molecule is Cc1cc(C)c(S(=O)(=O)N2CCCC2C(=O)Nc2cc(C)ccc2C)c(C)c1. The summed E-state index contributed by atoms with van der Waals surface area (Å²) in [5.74, 6) is -0.266. The van der Waals surface area contributed by atoms with Crippen molar-refractivity contribution in [1.29, 1.82) is 0 Å². The number of carbonyl (C=O) groups excluding carboxylic acids is 1. The molecule has 2 aromatic rings. The predicted molar refractivity (Wildman–Crippen MR) is 112 cm³/mol. The van der Waals surface area contributed by atoms with Crippen LogP contribution in [0.25, 0.3) is 0 Å². The van der Waals surface area contributed by atoms with Crippen LogP contribution in [0.2, 0.25) is 0 Å². The van der Waals surface area contributed by atoms with Crippen molar-refractivity contribution in [3.05, 3.63) is 58.1 Å². The summed E-state index contributed by atoms with van der Waals surface area (Å²) in [5, 5.41) is 2.94. The van der Waals surface area contributed by atoms with Crippen LogP contribution in [-0.2, 0) is 14.8 Å². The Labute approximate surface area is 167 Å². The molecule has 0 aliphatic carbocycles. The van der Waals surface area contributed by atoms with Crippen molar-refractivity contribution in [3.8, 4) is 0 Å². The Morgan fingerprint density at radius 3 is 2.25 bits per heavy atom. The standard InChI is InChI=1S/C22H28N2O3S/c1-14-8-9-16(3)19(13-14)23-22(25)20-7-6-10-24(20)28(26,27)21-17(4)11-15(2)12-18(21)5/h8-9,11-13,20H,6-7,10H2,1-5H3,(H,23,25). The van der Waals surface area contributed by atoms with E-state index in [1.165, 1.54) is 4.31 Å². The fourth-order valence-electron chi connectivity index (χ4n) is 4.07. The van der Waals surface area contributed by atoms with Gasteiger partial charge in [-0.3, -0.25) is 4.79 Å². The zero-order chi connectivity index (χ0) is 20.6. The first-order valence-corrected chi connectivity index (χ1v) is 11.0. The Kier molecular flexibility index (Phi) is 5.64. The summed E-state index contributed by atoms with van der Waals surface area (Å²) < 4.78 is 28.2. The van der Waals surface area contributed by atoms with E-state index < -0.39 is 16.1 Å². The zero-order valence-electron chi connectivity index (χ0n) is 17.2. The van der Waals surface area contributed by atoms with Crippen molar-refractivity contribution in [3.63, 3.8) is 0 Å². The fourth-order valence-corrected chi connectivity index (χ4v) is 6.14. The largest absolute Gasteiger partial charge is 0.324 e. The number of nitrogens with one attached hydrogen (secondary N) is 1. The van der Waals surface area contributed by atoms with Crippen LogP contribution in [0.5, 0.6) is 0 Å². The van der Waals surface area contributed by atoms with Crippen LogP contribution in [0, 0.1) is 34.6 Å². The minimum Gasteiger partial charge on any atom is -0.324 e. The molecule has 1 aliphatic rings. The number of rotatable bonds is 4. The lowest BCUT2D eigenvalue weighted by atomic mass is 10.1. The minimum absolute atomic E-state index is 0.266. The fraction of sp³-hybridized carbons (Fsp3) is 0.409. The summed E-state index contributed by atoms with van der Waals surface area (Å²) >= 11 is 0. The maximum atomic E-state index is 13.4. The van der Waals surface area contributed by atoms with Crippen LogP contribution in [0.1, 0.15) is 40.7 Å². The quantitative estimate of drug-likeness (QED) is 0.843. The van der Waals surface area contributed by atoms with Crippen molar-refractivity contribution >= 4 is 21.6 Å². The van der Waals surface area contributed by atoms with E-state index in [-0.39, 0.29) is 5.91 Å². The average molecular weight is 401 g/mol. The molecule has 0 radical (unpaired) electrons. The molecule has 1 amide bonds. The number of sulfonamides is 1. The van der Waals surface area contributed by atoms with E-state index in [1.807, 2.05) is 65.0 Å². The molecule has 150 valence electrons. The molecule has 1 N–H and O–H groups in total. The smallest absolute Gasteiger partial charge is 0.244 e. The van der Waals surface area contributed by atoms with E-state index in [1.54, 1.807) is 0 Å². The maximum absolute atomic E-state index is 13.4. The van der Waals surface area contributed by atoms with Crippen molar-refractivity contribution in [2.45, 2.75) is 58.4 Å². The summed E-state index contributed by atoms with van der Waals surface area (Å²) in [7, 11) is -3.75. The highest BCUT2D eigenvalue weighted by atomic mass is 32.2. The van der Waals surface area contributed by atoms with Gasteiger partial charge in [-0.25, -0.2) is 8.42 Å². The van der Waals surface area contributed by atoms with Gasteiger partial charge in [0.15, 0.2) is 0 Å². The summed E-state index contributed by atoms with van der Waals surface area (Å²) in [4.78, 5) is 13.3. The number of hydrogen-bond donors (Lipinski definition) is 1. The molecule has 0 saturated carbocycles. The third-order valence-electron chi connectivity index (χ3n) is 5.33. The summed E-state index contributed by atoms with van der Waals surface area (Å²) in [6, 6.07) is 8.91. The van der Waals surface area contributed by atoms with Crippen molar-refractivity contribution < 1.29 is 13.2 Å². The molecule has 0 aromatic heterocycles. The van der Waals surface area contributed by atoms with Crippen LogP contribution in [0.3, 0.4) is 0 Å². The highest BCUT2D eigenvalue weighted by Crippen LogP contribution is 2.31. The Bertz CT molecular complexity index is 1010. The Morgan fingerprint density at radius 2 is 1.61 bits per heavy atom. The first-order valence-electron chi connectivity index (χ1n) is 9.59. The Hall–Kier alpha value is -2.18. The van der Waals surface area contributed by atoms with Gasteiger partial charge < -0.3 is 5.32 Å². The molecule has 0 spiro atoms. The predicted octanol–water partition coefficient (Wildman–Crippen LogP) is 4.02. The van der Waals surface area contributed by atoms with Gasteiger partial charge in [0, 0.05) is 12.2 Å². The van der Waals surface area contributed by atoms with Crippen LogP contribution in [0.4, 0.5) is 5.69 Å². The Balaban J connectivity index is 1.92. The highest BCUT2D eigenvalue weighted by Gasteiger charge is 2.40. The molecule has 1 aliphatic heterocycles. The minimum atomic E-state index is -3.75. The van der Waals surface area contributed by atoms with Gasteiger partial charge in [-0.1, -0.05) is 29.8 Å². The number of hydrogen-bond acceptors (Lipinski definition) is 3. The van der Waals surface area contributed by atoms with Crippen molar-refractivity contribution in [1.82, 2.24) is 4.31 Å². The van der Waals surface area contributed by atoms with Gasteiger partial charge in [-0.2, -0.15) is 4.31 Å². The number of amides is 1. The molecular formula is C22H28N2O3S. The van der Waals surface area contributed by atoms with E-state index in [0.717, 1.165) is 33.5 Å². The van der Waals surface area contributed by atoms with E-state index in [0.29, 0.717) is 24.3 Å². The monoisotopic (exact) mass is 400 g/mol. The average Bonchev–Trinajstić information content (AvgIpc) is 3.07. The molecular weight excluding hydrogens is 372 g/mol. The second-order valence-corrected chi connectivity index (χ2v) is 9.64. The number of nitrogens with zero attached hydrogens (tertiary/aromatic N) is 1. The van der Waals surface area contributed by atoms with Gasteiger partial charge in [0.1, 0.15) is 6.04 Å². The van der Waals surface area contributed by atoms with Crippen LogP contribution >= 0.6 is 0 Å². The lowest BCUT2D eigenvalue weighted by molar-refractivity contribution is -0.119. The third kappa shape index (κ3) is 3.84. The van der Waals surface area contributed by atoms with Gasteiger partial charge in [0.25, 0.3) is 0 Å². The third-order valence-corrected chi connectivity index (χ3v) is 7.54. The summed E-state index contributed by atoms with van der Waals surface area (Å²) in [6.07, 6.45) is 1.20. The topological polar surface area (TPSA) is 66.5 Å². The first-order chi connectivity index (χ1) is 13.1. The van der Waals surface area contributed by atoms with Crippen LogP contribution in [-0.4, -0.2) is 31.2 Å². The van der Waals surface area contributed by atoms with Crippen molar-refractivity contribution in [2.24, 2.45) is 0 Å². The number of anilines is 1. The highest BCUT2D eigenvalue weighted by molar-refractivity contribution is 7.89. The molecule has 1 atom stereocenters. The number of aryl methyl sites for hydroxylation is 5. The molecule has 5 nitrogen and oxygen atoms in total. The summed E-state index contributed by atoms with van der Waals surface area (Å²) in [6.45, 7) is 9.83. The lowest BCUT2D eigenvalue weighted by Crippen LogP contribution is -2.43. The van der Waals surface area contributed by atoms with Crippen LogP contribution in [0.15, 0.2) is 35.2 Å². The molecule has 1 heterocycles. The second kappa shape index (κ2) is 7.68. The lowest BCUT2D eigenvalue weighted by Gasteiger charge is -2.25. The molecule has 3 rings (SSSR count). The van der Waals surface area contributed by atoms with Gasteiger partial charge in [-0.15, -0.1) is 0 Å². The Morgan fingerprint density at radius 1 is 0.964 bits per heavy atom. The van der Waals surface area contributed by atoms with Gasteiger partial charge in [0.2, 0.25) is 15.9 Å². The molecule has 1 unspecified atom stereocenters. The number of benzene rings is 2. The second-order valence-electron chi connectivity index (χ2n) is 7.81. The molecule has 1 saturated heterocycles. The molecule has 1 fully saturated rings. The summed E-state index contributed by atoms with van der Waals surface area (Å²) in [5.41, 5.74) is 5.20. The zero-order valence-corrected chi connectivity index (χ0v) is 18.0. The maximum Gasteiger partial charge on any atom is 0.244 e. The first kappa shape index (κ1) is 20.6. The normalized spacial score (nSPS) is 17.7. The molecule has 0 bridgehead atoms.